The third-order valence-electron chi connectivity index (χ3n) is 3.53. The fourth-order valence-corrected chi connectivity index (χ4v) is 2.17. The number of ether oxygens (including phenoxy) is 2. The van der Waals surface area contributed by atoms with Crippen LogP contribution in [-0.2, 0) is 14.3 Å². The zero-order valence-electron chi connectivity index (χ0n) is 12.1. The van der Waals surface area contributed by atoms with Crippen molar-refractivity contribution in [1.82, 2.24) is 10.6 Å². The molecule has 1 unspecified atom stereocenters. The molecule has 6 heteroatoms. The number of carbonyl (C=O) groups excluding carboxylic acids is 1. The number of rotatable bonds is 10. The van der Waals surface area contributed by atoms with E-state index in [9.17, 15) is 4.79 Å². The van der Waals surface area contributed by atoms with E-state index in [1.54, 1.807) is 0 Å². The molecule has 0 aromatic rings. The number of hydrogen-bond acceptors (Lipinski definition) is 4. The molecule has 118 valence electrons. The Morgan fingerprint density at radius 2 is 2.15 bits per heavy atom. The Bertz CT molecular complexity index is 269. The summed E-state index contributed by atoms with van der Waals surface area (Å²) in [5, 5.41) is 6.07. The molecule has 0 aromatic heterocycles. The lowest BCUT2D eigenvalue weighted by molar-refractivity contribution is -0.120. The monoisotopic (exact) mass is 306 g/mol. The zero-order valence-corrected chi connectivity index (χ0v) is 12.9. The molecule has 0 bridgehead atoms. The van der Waals surface area contributed by atoms with Crippen LogP contribution in [0.5, 0.6) is 0 Å². The predicted molar refractivity (Wildman–Crippen MR) is 80.3 cm³/mol. The van der Waals surface area contributed by atoms with Crippen molar-refractivity contribution in [3.05, 3.63) is 0 Å². The smallest absolute Gasteiger partial charge is 0.233 e. The molecule has 0 radical (unpaired) electrons. The van der Waals surface area contributed by atoms with Crippen LogP contribution in [0.25, 0.3) is 0 Å². The van der Waals surface area contributed by atoms with Crippen molar-refractivity contribution in [3.8, 4) is 0 Å². The van der Waals surface area contributed by atoms with Gasteiger partial charge in [-0.1, -0.05) is 0 Å². The lowest BCUT2D eigenvalue weighted by atomic mass is 10.2. The molecular weight excluding hydrogens is 280 g/mol. The molecule has 2 rings (SSSR count). The second-order valence-corrected chi connectivity index (χ2v) is 5.49. The van der Waals surface area contributed by atoms with Gasteiger partial charge in [-0.2, -0.15) is 0 Å². The fourth-order valence-electron chi connectivity index (χ4n) is 2.17. The van der Waals surface area contributed by atoms with Gasteiger partial charge >= 0.3 is 0 Å². The van der Waals surface area contributed by atoms with Crippen molar-refractivity contribution in [3.63, 3.8) is 0 Å². The number of nitrogens with one attached hydrogen (secondary N) is 2. The van der Waals surface area contributed by atoms with Crippen molar-refractivity contribution < 1.29 is 14.3 Å². The van der Waals surface area contributed by atoms with Gasteiger partial charge in [-0.25, -0.2) is 0 Å². The molecule has 5 nitrogen and oxygen atoms in total. The maximum absolute atomic E-state index is 11.5. The Hall–Kier alpha value is -0.360. The van der Waals surface area contributed by atoms with Gasteiger partial charge in [0.05, 0.1) is 19.3 Å². The van der Waals surface area contributed by atoms with Crippen molar-refractivity contribution >= 4 is 18.3 Å². The van der Waals surface area contributed by atoms with Crippen LogP contribution >= 0.6 is 12.4 Å². The highest BCUT2D eigenvalue weighted by molar-refractivity contribution is 5.85. The minimum absolute atomic E-state index is 0. The summed E-state index contributed by atoms with van der Waals surface area (Å²) < 4.78 is 11.0. The first-order valence-electron chi connectivity index (χ1n) is 7.51. The van der Waals surface area contributed by atoms with Crippen LogP contribution in [0, 0.1) is 5.92 Å². The summed E-state index contributed by atoms with van der Waals surface area (Å²) in [7, 11) is 0. The van der Waals surface area contributed by atoms with Crippen molar-refractivity contribution in [2.24, 2.45) is 5.92 Å². The number of amides is 1. The average molecular weight is 307 g/mol. The van der Waals surface area contributed by atoms with E-state index >= 15 is 0 Å². The first kappa shape index (κ1) is 17.7. The fraction of sp³-hybridized carbons (Fsp3) is 0.929. The molecule has 2 fully saturated rings. The molecule has 1 amide bonds. The molecule has 1 saturated carbocycles. The first-order valence-corrected chi connectivity index (χ1v) is 7.51. The minimum Gasteiger partial charge on any atom is -0.379 e. The Kier molecular flexibility index (Phi) is 9.18. The summed E-state index contributed by atoms with van der Waals surface area (Å²) in [6.07, 6.45) is 6.05. The van der Waals surface area contributed by atoms with E-state index in [-0.39, 0.29) is 18.3 Å². The van der Waals surface area contributed by atoms with Crippen LogP contribution in [0.1, 0.15) is 32.1 Å². The summed E-state index contributed by atoms with van der Waals surface area (Å²) in [6.45, 7) is 4.37. The lowest BCUT2D eigenvalue weighted by Gasteiger charge is -2.10. The Morgan fingerprint density at radius 3 is 2.85 bits per heavy atom. The van der Waals surface area contributed by atoms with Crippen molar-refractivity contribution in [2.45, 2.75) is 38.2 Å². The van der Waals surface area contributed by atoms with Gasteiger partial charge in [-0.15, -0.1) is 12.4 Å². The van der Waals surface area contributed by atoms with Crippen LogP contribution in [0.4, 0.5) is 0 Å². The van der Waals surface area contributed by atoms with E-state index in [1.807, 2.05) is 0 Å². The van der Waals surface area contributed by atoms with Gasteiger partial charge in [-0.3, -0.25) is 4.79 Å². The Balaban J connectivity index is 0.00000200. The quantitative estimate of drug-likeness (QED) is 0.594. The molecule has 0 spiro atoms. The van der Waals surface area contributed by atoms with E-state index in [2.05, 4.69) is 10.6 Å². The van der Waals surface area contributed by atoms with E-state index in [0.29, 0.717) is 32.4 Å². The Morgan fingerprint density at radius 1 is 1.30 bits per heavy atom. The summed E-state index contributed by atoms with van der Waals surface area (Å²) in [6, 6.07) is 0. The molecule has 1 atom stereocenters. The van der Waals surface area contributed by atoms with Crippen LogP contribution in [0.2, 0.25) is 0 Å². The van der Waals surface area contributed by atoms with Crippen molar-refractivity contribution in [2.75, 3.05) is 39.5 Å². The summed E-state index contributed by atoms with van der Waals surface area (Å²) in [4.78, 5) is 11.5. The normalized spacial score (nSPS) is 21.5. The van der Waals surface area contributed by atoms with E-state index in [0.717, 1.165) is 38.3 Å². The average Bonchev–Trinajstić information content (AvgIpc) is 3.08. The van der Waals surface area contributed by atoms with E-state index < -0.39 is 0 Å². The third kappa shape index (κ3) is 8.04. The number of halogens is 1. The Labute approximate surface area is 127 Å². The summed E-state index contributed by atoms with van der Waals surface area (Å²) >= 11 is 0. The largest absolute Gasteiger partial charge is 0.379 e. The molecule has 1 heterocycles. The first-order chi connectivity index (χ1) is 9.34. The standard InChI is InChI=1S/C14H26N2O3.ClH/c17-14(10-15-9-12-4-5-12)16-6-2-7-18-11-13-3-1-8-19-13;/h12-13,15H,1-11H2,(H,16,17);1H. The lowest BCUT2D eigenvalue weighted by Crippen LogP contribution is -2.35. The summed E-state index contributed by atoms with van der Waals surface area (Å²) in [5.41, 5.74) is 0. The highest BCUT2D eigenvalue weighted by atomic mass is 35.5. The van der Waals surface area contributed by atoms with Gasteiger partial charge in [0.15, 0.2) is 0 Å². The number of hydrogen-bond donors (Lipinski definition) is 2. The van der Waals surface area contributed by atoms with Gasteiger partial charge in [0, 0.05) is 19.8 Å². The molecule has 20 heavy (non-hydrogen) atoms. The van der Waals surface area contributed by atoms with E-state index in [4.69, 9.17) is 9.47 Å². The van der Waals surface area contributed by atoms with Gasteiger partial charge in [0.2, 0.25) is 5.91 Å². The second-order valence-electron chi connectivity index (χ2n) is 5.49. The molecule has 2 N–H and O–H groups in total. The molecular formula is C14H27ClN2O3. The van der Waals surface area contributed by atoms with Gasteiger partial charge in [0.1, 0.15) is 0 Å². The van der Waals surface area contributed by atoms with Crippen molar-refractivity contribution in [1.29, 1.82) is 0 Å². The molecule has 1 aliphatic heterocycles. The van der Waals surface area contributed by atoms with E-state index in [1.165, 1.54) is 12.8 Å². The number of carbonyl (C=O) groups is 1. The van der Waals surface area contributed by atoms with Gasteiger partial charge < -0.3 is 20.1 Å². The summed E-state index contributed by atoms with van der Waals surface area (Å²) in [5.74, 6) is 0.902. The third-order valence-corrected chi connectivity index (χ3v) is 3.53. The molecule has 2 aliphatic rings. The SMILES string of the molecule is Cl.O=C(CNCC1CC1)NCCCOCC1CCCO1. The zero-order chi connectivity index (χ0) is 13.3. The van der Waals surface area contributed by atoms with Gasteiger partial charge in [-0.05, 0) is 44.6 Å². The molecule has 1 saturated heterocycles. The molecule has 0 aromatic carbocycles. The van der Waals surface area contributed by atoms with Gasteiger partial charge in [0.25, 0.3) is 0 Å². The van der Waals surface area contributed by atoms with Crippen LogP contribution in [0.3, 0.4) is 0 Å². The second kappa shape index (κ2) is 10.4. The van der Waals surface area contributed by atoms with Crippen LogP contribution < -0.4 is 10.6 Å². The maximum Gasteiger partial charge on any atom is 0.233 e. The highest BCUT2D eigenvalue weighted by Crippen LogP contribution is 2.27. The maximum atomic E-state index is 11.5. The minimum atomic E-state index is 0. The highest BCUT2D eigenvalue weighted by Gasteiger charge is 2.20. The topological polar surface area (TPSA) is 59.6 Å². The van der Waals surface area contributed by atoms with Crippen LogP contribution in [-0.4, -0.2) is 51.5 Å². The van der Waals surface area contributed by atoms with Crippen LogP contribution in [0.15, 0.2) is 0 Å². The predicted octanol–water partition coefficient (Wildman–Crippen LogP) is 1.11. The molecule has 1 aliphatic carbocycles.